The van der Waals surface area contributed by atoms with Crippen molar-refractivity contribution in [2.24, 2.45) is 0 Å². The van der Waals surface area contributed by atoms with Crippen molar-refractivity contribution in [3.05, 3.63) is 18.3 Å². The van der Waals surface area contributed by atoms with Crippen molar-refractivity contribution in [1.29, 1.82) is 0 Å². The quantitative estimate of drug-likeness (QED) is 0.687. The lowest BCUT2D eigenvalue weighted by Gasteiger charge is -2.26. The molecule has 0 aliphatic carbocycles. The van der Waals surface area contributed by atoms with Crippen molar-refractivity contribution in [2.45, 2.75) is 47.8 Å². The van der Waals surface area contributed by atoms with Gasteiger partial charge in [-0.3, -0.25) is 4.79 Å². The number of aromatic nitrogens is 1. The molecule has 3 rings (SSSR count). The summed E-state index contributed by atoms with van der Waals surface area (Å²) in [5.74, 6) is 0.133. The SMILES string of the molecule is CC(Sc1ccc(S(=O)(=O)N2CCOCC2)cn1)C(=O)N1CCCCCC1. The molecule has 2 saturated heterocycles. The van der Waals surface area contributed by atoms with E-state index in [4.69, 9.17) is 4.74 Å². The topological polar surface area (TPSA) is 79.8 Å². The third kappa shape index (κ3) is 5.22. The molecule has 2 aliphatic rings. The third-order valence-corrected chi connectivity index (χ3v) is 7.80. The van der Waals surface area contributed by atoms with Gasteiger partial charge in [-0.25, -0.2) is 13.4 Å². The fraction of sp³-hybridized carbons (Fsp3) is 0.667. The minimum atomic E-state index is -3.54. The summed E-state index contributed by atoms with van der Waals surface area (Å²) in [7, 11) is -3.54. The molecule has 1 unspecified atom stereocenters. The Morgan fingerprint density at radius 2 is 1.78 bits per heavy atom. The number of carbonyl (C=O) groups excluding carboxylic acids is 1. The Bertz CT molecular complexity index is 725. The van der Waals surface area contributed by atoms with E-state index in [9.17, 15) is 13.2 Å². The number of hydrogen-bond acceptors (Lipinski definition) is 6. The highest BCUT2D eigenvalue weighted by molar-refractivity contribution is 8.00. The van der Waals surface area contributed by atoms with Crippen molar-refractivity contribution in [3.8, 4) is 0 Å². The van der Waals surface area contributed by atoms with Crippen molar-refractivity contribution in [1.82, 2.24) is 14.2 Å². The number of sulfonamides is 1. The van der Waals surface area contributed by atoms with Crippen LogP contribution in [0, 0.1) is 0 Å². The number of morpholine rings is 1. The van der Waals surface area contributed by atoms with Gasteiger partial charge < -0.3 is 9.64 Å². The molecule has 7 nitrogen and oxygen atoms in total. The summed E-state index contributed by atoms with van der Waals surface area (Å²) in [6.07, 6.45) is 5.89. The summed E-state index contributed by atoms with van der Waals surface area (Å²) in [4.78, 5) is 19.1. The first-order valence-corrected chi connectivity index (χ1v) is 11.8. The smallest absolute Gasteiger partial charge is 0.244 e. The van der Waals surface area contributed by atoms with Crippen LogP contribution in [-0.4, -0.2) is 73.2 Å². The Kier molecular flexibility index (Phi) is 7.13. The van der Waals surface area contributed by atoms with Gasteiger partial charge in [0.1, 0.15) is 4.90 Å². The summed E-state index contributed by atoms with van der Waals surface area (Å²) in [5, 5.41) is 0.420. The molecule has 0 aromatic carbocycles. The van der Waals surface area contributed by atoms with E-state index in [2.05, 4.69) is 4.98 Å². The summed E-state index contributed by atoms with van der Waals surface area (Å²) >= 11 is 1.38. The number of hydrogen-bond donors (Lipinski definition) is 0. The van der Waals surface area contributed by atoms with Gasteiger partial charge >= 0.3 is 0 Å². The van der Waals surface area contributed by atoms with Crippen LogP contribution in [0.15, 0.2) is 28.3 Å². The Labute approximate surface area is 165 Å². The van der Waals surface area contributed by atoms with Gasteiger partial charge in [0, 0.05) is 32.4 Å². The zero-order valence-electron chi connectivity index (χ0n) is 15.7. The second-order valence-electron chi connectivity index (χ2n) is 6.85. The first-order valence-electron chi connectivity index (χ1n) is 9.48. The Balaban J connectivity index is 1.62. The first kappa shape index (κ1) is 20.6. The van der Waals surface area contributed by atoms with Crippen LogP contribution >= 0.6 is 11.8 Å². The number of likely N-dealkylation sites (tertiary alicyclic amines) is 1. The molecule has 150 valence electrons. The number of thioether (sulfide) groups is 1. The van der Waals surface area contributed by atoms with Gasteiger partial charge in [0.25, 0.3) is 0 Å². The molecule has 0 saturated carbocycles. The van der Waals surface area contributed by atoms with E-state index >= 15 is 0 Å². The van der Waals surface area contributed by atoms with Crippen molar-refractivity contribution >= 4 is 27.7 Å². The van der Waals surface area contributed by atoms with E-state index in [1.165, 1.54) is 35.1 Å². The standard InChI is InChI=1S/C18H27N3O4S2/c1-15(18(22)20-8-4-2-3-5-9-20)26-17-7-6-16(14-19-17)27(23,24)21-10-12-25-13-11-21/h6-7,14-15H,2-5,8-13H2,1H3. The largest absolute Gasteiger partial charge is 0.379 e. The van der Waals surface area contributed by atoms with E-state index in [1.54, 1.807) is 12.1 Å². The van der Waals surface area contributed by atoms with Gasteiger partial charge in [-0.15, -0.1) is 0 Å². The van der Waals surface area contributed by atoms with Gasteiger partial charge in [-0.2, -0.15) is 4.31 Å². The molecule has 27 heavy (non-hydrogen) atoms. The van der Waals surface area contributed by atoms with Crippen molar-refractivity contribution < 1.29 is 17.9 Å². The van der Waals surface area contributed by atoms with Gasteiger partial charge in [0.05, 0.1) is 23.5 Å². The number of carbonyl (C=O) groups is 1. The summed E-state index contributed by atoms with van der Waals surface area (Å²) < 4.78 is 31.9. The maximum atomic E-state index is 12.7. The highest BCUT2D eigenvalue weighted by Crippen LogP contribution is 2.25. The van der Waals surface area contributed by atoms with E-state index < -0.39 is 10.0 Å². The third-order valence-electron chi connectivity index (χ3n) is 4.88. The molecular formula is C18H27N3O4S2. The fourth-order valence-electron chi connectivity index (χ4n) is 3.30. The van der Waals surface area contributed by atoms with Gasteiger partial charge in [0.2, 0.25) is 15.9 Å². The lowest BCUT2D eigenvalue weighted by atomic mass is 10.2. The Hall–Kier alpha value is -1.16. The molecule has 1 aromatic rings. The van der Waals surface area contributed by atoms with Gasteiger partial charge in [-0.05, 0) is 31.9 Å². The molecule has 0 bridgehead atoms. The molecule has 1 atom stereocenters. The highest BCUT2D eigenvalue weighted by Gasteiger charge is 2.27. The van der Waals surface area contributed by atoms with Crippen LogP contribution in [0.5, 0.6) is 0 Å². The average Bonchev–Trinajstić information content (AvgIpc) is 2.98. The molecule has 0 radical (unpaired) electrons. The summed E-state index contributed by atoms with van der Waals surface area (Å²) in [6, 6.07) is 3.26. The Morgan fingerprint density at radius 1 is 1.11 bits per heavy atom. The van der Waals surface area contributed by atoms with Crippen LogP contribution in [0.3, 0.4) is 0 Å². The minimum absolute atomic E-state index is 0.133. The van der Waals surface area contributed by atoms with Crippen LogP contribution < -0.4 is 0 Å². The molecule has 1 amide bonds. The summed E-state index contributed by atoms with van der Waals surface area (Å²) in [6.45, 7) is 5.09. The zero-order valence-corrected chi connectivity index (χ0v) is 17.3. The first-order chi connectivity index (χ1) is 13.0. The van der Waals surface area contributed by atoms with Crippen molar-refractivity contribution in [2.75, 3.05) is 39.4 Å². The monoisotopic (exact) mass is 413 g/mol. The normalized spacial score (nSPS) is 20.9. The van der Waals surface area contributed by atoms with E-state index in [1.807, 2.05) is 11.8 Å². The van der Waals surface area contributed by atoms with Gasteiger partial charge in [0.15, 0.2) is 0 Å². The van der Waals surface area contributed by atoms with Crippen LogP contribution in [-0.2, 0) is 19.6 Å². The number of ether oxygens (including phenoxy) is 1. The molecule has 2 aliphatic heterocycles. The molecule has 0 spiro atoms. The van der Waals surface area contributed by atoms with E-state index in [-0.39, 0.29) is 16.1 Å². The second kappa shape index (κ2) is 9.36. The lowest BCUT2D eigenvalue weighted by Crippen LogP contribution is -2.40. The number of nitrogens with zero attached hydrogens (tertiary/aromatic N) is 3. The summed E-state index contributed by atoms with van der Waals surface area (Å²) in [5.41, 5.74) is 0. The second-order valence-corrected chi connectivity index (χ2v) is 10.1. The highest BCUT2D eigenvalue weighted by atomic mass is 32.2. The molecular weight excluding hydrogens is 386 g/mol. The van der Waals surface area contributed by atoms with Crippen molar-refractivity contribution in [3.63, 3.8) is 0 Å². The Morgan fingerprint density at radius 3 is 2.37 bits per heavy atom. The van der Waals surface area contributed by atoms with Crippen LogP contribution in [0.1, 0.15) is 32.6 Å². The number of rotatable bonds is 5. The maximum absolute atomic E-state index is 12.7. The number of amides is 1. The molecule has 9 heteroatoms. The lowest BCUT2D eigenvalue weighted by molar-refractivity contribution is -0.130. The van der Waals surface area contributed by atoms with Crippen LogP contribution in [0.4, 0.5) is 0 Å². The minimum Gasteiger partial charge on any atom is -0.379 e. The molecule has 2 fully saturated rings. The number of pyridine rings is 1. The average molecular weight is 414 g/mol. The fourth-order valence-corrected chi connectivity index (χ4v) is 5.53. The maximum Gasteiger partial charge on any atom is 0.244 e. The van der Waals surface area contributed by atoms with E-state index in [0.717, 1.165) is 25.9 Å². The van der Waals surface area contributed by atoms with E-state index in [0.29, 0.717) is 31.3 Å². The van der Waals surface area contributed by atoms with Crippen LogP contribution in [0.2, 0.25) is 0 Å². The molecule has 3 heterocycles. The predicted octanol–water partition coefficient (Wildman–Crippen LogP) is 1.99. The molecule has 1 aromatic heterocycles. The molecule has 0 N–H and O–H groups in total. The zero-order chi connectivity index (χ0) is 19.3. The van der Waals surface area contributed by atoms with Gasteiger partial charge in [-0.1, -0.05) is 24.6 Å². The van der Waals surface area contributed by atoms with Crippen LogP contribution in [0.25, 0.3) is 0 Å². The predicted molar refractivity (Wildman–Crippen MR) is 104 cm³/mol.